The summed E-state index contributed by atoms with van der Waals surface area (Å²) < 4.78 is 0. The molecule has 1 fully saturated rings. The predicted molar refractivity (Wildman–Crippen MR) is 94.0 cm³/mol. The van der Waals surface area contributed by atoms with E-state index in [1.165, 1.54) is 12.8 Å². The van der Waals surface area contributed by atoms with Gasteiger partial charge in [0.1, 0.15) is 0 Å². The molecule has 1 aliphatic heterocycles. The summed E-state index contributed by atoms with van der Waals surface area (Å²) in [5.74, 6) is 1.58. The fraction of sp³-hybridized carbons (Fsp3) is 0.611. The minimum absolute atomic E-state index is 0. The molecule has 0 bridgehead atoms. The summed E-state index contributed by atoms with van der Waals surface area (Å²) in [4.78, 5) is 14.5. The van der Waals surface area contributed by atoms with Crippen LogP contribution in [0.1, 0.15) is 51.1 Å². The van der Waals surface area contributed by atoms with Gasteiger partial charge in [0, 0.05) is 25.6 Å². The van der Waals surface area contributed by atoms with Gasteiger partial charge in [-0.1, -0.05) is 44.2 Å². The third kappa shape index (κ3) is 5.62. The van der Waals surface area contributed by atoms with Gasteiger partial charge in [0.15, 0.2) is 0 Å². The standard InChI is InChI=1S/C18H28N2O.ClH/c1-14(2)11-15-7-6-10-20(13-15)18(21)12-17(19)16-8-4-3-5-9-16;/h3-5,8-9,14-15,17H,6-7,10-13,19H2,1-2H3;1H. The lowest BCUT2D eigenvalue weighted by molar-refractivity contribution is -0.133. The topological polar surface area (TPSA) is 46.3 Å². The molecule has 0 saturated carbocycles. The third-order valence-corrected chi connectivity index (χ3v) is 4.30. The van der Waals surface area contributed by atoms with Crippen LogP contribution in [-0.2, 0) is 4.79 Å². The Kier molecular flexibility index (Phi) is 7.91. The van der Waals surface area contributed by atoms with Gasteiger partial charge >= 0.3 is 0 Å². The van der Waals surface area contributed by atoms with Crippen LogP contribution in [-0.4, -0.2) is 23.9 Å². The number of piperidine rings is 1. The number of nitrogens with zero attached hydrogens (tertiary/aromatic N) is 1. The van der Waals surface area contributed by atoms with Gasteiger partial charge < -0.3 is 10.6 Å². The number of carbonyl (C=O) groups is 1. The van der Waals surface area contributed by atoms with E-state index < -0.39 is 0 Å². The summed E-state index contributed by atoms with van der Waals surface area (Å²) in [7, 11) is 0. The van der Waals surface area contributed by atoms with Gasteiger partial charge in [0.05, 0.1) is 0 Å². The Morgan fingerprint density at radius 1 is 1.32 bits per heavy atom. The largest absolute Gasteiger partial charge is 0.342 e. The fourth-order valence-electron chi connectivity index (χ4n) is 3.29. The van der Waals surface area contributed by atoms with Crippen LogP contribution in [0.5, 0.6) is 0 Å². The second kappa shape index (κ2) is 9.16. The quantitative estimate of drug-likeness (QED) is 0.895. The molecule has 22 heavy (non-hydrogen) atoms. The van der Waals surface area contributed by atoms with E-state index in [2.05, 4.69) is 13.8 Å². The third-order valence-electron chi connectivity index (χ3n) is 4.30. The first-order valence-corrected chi connectivity index (χ1v) is 8.14. The zero-order valence-electron chi connectivity index (χ0n) is 13.7. The predicted octanol–water partition coefficient (Wildman–Crippen LogP) is 3.78. The Labute approximate surface area is 140 Å². The summed E-state index contributed by atoms with van der Waals surface area (Å²) >= 11 is 0. The van der Waals surface area contributed by atoms with Crippen molar-refractivity contribution in [3.63, 3.8) is 0 Å². The molecule has 2 unspecified atom stereocenters. The zero-order valence-corrected chi connectivity index (χ0v) is 14.5. The lowest BCUT2D eigenvalue weighted by Crippen LogP contribution is -2.41. The summed E-state index contributed by atoms with van der Waals surface area (Å²) in [6.45, 7) is 6.33. The number of amides is 1. The number of benzene rings is 1. The van der Waals surface area contributed by atoms with Crippen LogP contribution in [0, 0.1) is 11.8 Å². The maximum absolute atomic E-state index is 12.5. The van der Waals surface area contributed by atoms with Gasteiger partial charge in [-0.25, -0.2) is 0 Å². The van der Waals surface area contributed by atoms with E-state index >= 15 is 0 Å². The molecular weight excluding hydrogens is 296 g/mol. The van der Waals surface area contributed by atoms with Crippen LogP contribution < -0.4 is 5.73 Å². The maximum Gasteiger partial charge on any atom is 0.224 e. The molecule has 1 aromatic carbocycles. The smallest absolute Gasteiger partial charge is 0.224 e. The normalized spacial score (nSPS) is 19.6. The van der Waals surface area contributed by atoms with Crippen LogP contribution in [0.2, 0.25) is 0 Å². The molecule has 0 radical (unpaired) electrons. The average molecular weight is 325 g/mol. The first kappa shape index (κ1) is 19.0. The van der Waals surface area contributed by atoms with Crippen molar-refractivity contribution in [1.29, 1.82) is 0 Å². The molecule has 0 spiro atoms. The molecule has 4 heteroatoms. The molecule has 1 saturated heterocycles. The molecule has 1 aliphatic rings. The Bertz CT molecular complexity index is 450. The Balaban J connectivity index is 0.00000242. The van der Waals surface area contributed by atoms with E-state index in [-0.39, 0.29) is 24.4 Å². The van der Waals surface area contributed by atoms with E-state index in [0.717, 1.165) is 25.1 Å². The van der Waals surface area contributed by atoms with Gasteiger partial charge in [-0.3, -0.25) is 4.79 Å². The average Bonchev–Trinajstić information content (AvgIpc) is 2.47. The van der Waals surface area contributed by atoms with Crippen LogP contribution in [0.15, 0.2) is 30.3 Å². The maximum atomic E-state index is 12.5. The molecule has 0 aliphatic carbocycles. The number of carbonyl (C=O) groups excluding carboxylic acids is 1. The molecule has 1 heterocycles. The fourth-order valence-corrected chi connectivity index (χ4v) is 3.29. The second-order valence-electron chi connectivity index (χ2n) is 6.70. The number of hydrogen-bond donors (Lipinski definition) is 1. The van der Waals surface area contributed by atoms with Crippen molar-refractivity contribution in [1.82, 2.24) is 4.90 Å². The molecule has 2 rings (SSSR count). The van der Waals surface area contributed by atoms with Gasteiger partial charge in [0.25, 0.3) is 0 Å². The Hall–Kier alpha value is -1.06. The Morgan fingerprint density at radius 3 is 2.64 bits per heavy atom. The summed E-state index contributed by atoms with van der Waals surface area (Å²) in [5, 5.41) is 0. The summed E-state index contributed by atoms with van der Waals surface area (Å²) in [6.07, 6.45) is 4.02. The molecule has 3 nitrogen and oxygen atoms in total. The van der Waals surface area contributed by atoms with Crippen LogP contribution in [0.25, 0.3) is 0 Å². The number of likely N-dealkylation sites (tertiary alicyclic amines) is 1. The SMILES string of the molecule is CC(C)CC1CCCN(C(=O)CC(N)c2ccccc2)C1.Cl. The first-order chi connectivity index (χ1) is 10.1. The minimum Gasteiger partial charge on any atom is -0.342 e. The van der Waals surface area contributed by atoms with Gasteiger partial charge in [0.2, 0.25) is 5.91 Å². The lowest BCUT2D eigenvalue weighted by Gasteiger charge is -2.34. The van der Waals surface area contributed by atoms with E-state index in [1.807, 2.05) is 35.2 Å². The van der Waals surface area contributed by atoms with Crippen molar-refractivity contribution in [3.05, 3.63) is 35.9 Å². The lowest BCUT2D eigenvalue weighted by atomic mass is 9.89. The van der Waals surface area contributed by atoms with Crippen molar-refractivity contribution in [2.45, 2.75) is 45.6 Å². The molecule has 0 aromatic heterocycles. The molecule has 2 atom stereocenters. The van der Waals surface area contributed by atoms with Crippen molar-refractivity contribution < 1.29 is 4.79 Å². The van der Waals surface area contributed by atoms with Crippen molar-refractivity contribution in [2.24, 2.45) is 17.6 Å². The van der Waals surface area contributed by atoms with Crippen LogP contribution in [0.4, 0.5) is 0 Å². The van der Waals surface area contributed by atoms with Crippen molar-refractivity contribution >= 4 is 18.3 Å². The van der Waals surface area contributed by atoms with E-state index in [0.29, 0.717) is 18.3 Å². The van der Waals surface area contributed by atoms with E-state index in [1.54, 1.807) is 0 Å². The van der Waals surface area contributed by atoms with Crippen molar-refractivity contribution in [2.75, 3.05) is 13.1 Å². The number of halogens is 1. The number of hydrogen-bond acceptors (Lipinski definition) is 2. The Morgan fingerprint density at radius 2 is 2.00 bits per heavy atom. The summed E-state index contributed by atoms with van der Waals surface area (Å²) in [6, 6.07) is 9.72. The van der Waals surface area contributed by atoms with Gasteiger partial charge in [-0.05, 0) is 36.7 Å². The highest BCUT2D eigenvalue weighted by Crippen LogP contribution is 2.24. The van der Waals surface area contributed by atoms with Crippen molar-refractivity contribution in [3.8, 4) is 0 Å². The number of rotatable bonds is 5. The molecule has 2 N–H and O–H groups in total. The molecule has 1 aromatic rings. The van der Waals surface area contributed by atoms with Crippen LogP contribution >= 0.6 is 12.4 Å². The van der Waals surface area contributed by atoms with E-state index in [4.69, 9.17) is 5.73 Å². The highest BCUT2D eigenvalue weighted by atomic mass is 35.5. The zero-order chi connectivity index (χ0) is 15.2. The highest BCUT2D eigenvalue weighted by molar-refractivity contribution is 5.85. The minimum atomic E-state index is -0.191. The second-order valence-corrected chi connectivity index (χ2v) is 6.70. The number of nitrogens with two attached hydrogens (primary N) is 1. The van der Waals surface area contributed by atoms with Gasteiger partial charge in [-0.15, -0.1) is 12.4 Å². The highest BCUT2D eigenvalue weighted by Gasteiger charge is 2.25. The summed E-state index contributed by atoms with van der Waals surface area (Å²) in [5.41, 5.74) is 7.21. The molecule has 1 amide bonds. The monoisotopic (exact) mass is 324 g/mol. The van der Waals surface area contributed by atoms with Crippen LogP contribution in [0.3, 0.4) is 0 Å². The molecular formula is C18H29ClN2O. The van der Waals surface area contributed by atoms with E-state index in [9.17, 15) is 4.79 Å². The molecule has 124 valence electrons. The van der Waals surface area contributed by atoms with Gasteiger partial charge in [-0.2, -0.15) is 0 Å². The first-order valence-electron chi connectivity index (χ1n) is 8.14.